The van der Waals surface area contributed by atoms with Gasteiger partial charge in [0.25, 0.3) is 0 Å². The molecule has 0 radical (unpaired) electrons. The van der Waals surface area contributed by atoms with Gasteiger partial charge in [0.15, 0.2) is 0 Å². The van der Waals surface area contributed by atoms with Crippen LogP contribution in [-0.4, -0.2) is 27.4 Å². The average Bonchev–Trinajstić information content (AvgIpc) is 3.25. The number of aromatic nitrogens is 3. The molecule has 3 aromatic heterocycles. The molecule has 0 atom stereocenters. The number of nitrogens with zero attached hydrogens (tertiary/aromatic N) is 3. The number of amides is 1. The van der Waals surface area contributed by atoms with Crippen LogP contribution >= 0.6 is 22.7 Å². The van der Waals surface area contributed by atoms with Crippen LogP contribution in [0.25, 0.3) is 10.7 Å². The van der Waals surface area contributed by atoms with Crippen molar-refractivity contribution < 1.29 is 4.79 Å². The van der Waals surface area contributed by atoms with Crippen LogP contribution in [0.3, 0.4) is 0 Å². The Kier molecular flexibility index (Phi) is 5.44. The zero-order valence-electron chi connectivity index (χ0n) is 12.4. The Balaban J connectivity index is 1.43. The van der Waals surface area contributed by atoms with E-state index in [9.17, 15) is 4.79 Å². The average molecular weight is 344 g/mol. The summed E-state index contributed by atoms with van der Waals surface area (Å²) in [6, 6.07) is 5.76. The lowest BCUT2D eigenvalue weighted by Gasteiger charge is -2.02. The van der Waals surface area contributed by atoms with E-state index in [1.54, 1.807) is 34.4 Å². The maximum Gasteiger partial charge on any atom is 0.220 e. The van der Waals surface area contributed by atoms with E-state index >= 15 is 0 Å². The van der Waals surface area contributed by atoms with Gasteiger partial charge in [-0.25, -0.2) is 9.97 Å². The van der Waals surface area contributed by atoms with Gasteiger partial charge in [0.05, 0.1) is 22.6 Å². The summed E-state index contributed by atoms with van der Waals surface area (Å²) in [5, 5.41) is 7.80. The van der Waals surface area contributed by atoms with Crippen LogP contribution in [0.4, 0.5) is 0 Å². The van der Waals surface area contributed by atoms with E-state index in [0.717, 1.165) is 28.5 Å². The first-order valence-electron chi connectivity index (χ1n) is 7.31. The largest absolute Gasteiger partial charge is 0.356 e. The van der Waals surface area contributed by atoms with Crippen molar-refractivity contribution in [3.05, 3.63) is 52.1 Å². The molecule has 0 unspecified atom stereocenters. The quantitative estimate of drug-likeness (QED) is 0.715. The number of nitrogens with one attached hydrogen (secondary N) is 1. The van der Waals surface area contributed by atoms with Crippen molar-refractivity contribution in [3.63, 3.8) is 0 Å². The molecule has 3 rings (SSSR count). The third-order valence-electron chi connectivity index (χ3n) is 3.23. The fourth-order valence-electron chi connectivity index (χ4n) is 2.05. The van der Waals surface area contributed by atoms with Gasteiger partial charge < -0.3 is 5.32 Å². The molecule has 118 valence electrons. The summed E-state index contributed by atoms with van der Waals surface area (Å²) < 4.78 is 0. The van der Waals surface area contributed by atoms with Gasteiger partial charge in [0.1, 0.15) is 5.01 Å². The fourth-order valence-corrected chi connectivity index (χ4v) is 3.47. The molecule has 0 aliphatic heterocycles. The van der Waals surface area contributed by atoms with Gasteiger partial charge in [-0.15, -0.1) is 22.7 Å². The highest BCUT2D eigenvalue weighted by molar-refractivity contribution is 7.13. The Morgan fingerprint density at radius 2 is 2.09 bits per heavy atom. The van der Waals surface area contributed by atoms with Crippen LogP contribution < -0.4 is 5.32 Å². The number of hydrogen-bond acceptors (Lipinski definition) is 6. The van der Waals surface area contributed by atoms with Crippen LogP contribution in [0.1, 0.15) is 17.8 Å². The maximum absolute atomic E-state index is 11.9. The van der Waals surface area contributed by atoms with Gasteiger partial charge in [-0.1, -0.05) is 6.07 Å². The monoisotopic (exact) mass is 344 g/mol. The summed E-state index contributed by atoms with van der Waals surface area (Å²) in [5.74, 6) is 0.0487. The van der Waals surface area contributed by atoms with Gasteiger partial charge >= 0.3 is 0 Å². The molecule has 0 aromatic carbocycles. The van der Waals surface area contributed by atoms with Gasteiger partial charge in [-0.3, -0.25) is 9.78 Å². The summed E-state index contributed by atoms with van der Waals surface area (Å²) >= 11 is 3.13. The molecule has 0 aliphatic rings. The molecule has 1 amide bonds. The standard InChI is InChI=1S/C16H16N4OS2/c21-15(18-8-6-12-9-22-11-19-12)5-4-13-10-23-16(20-13)14-3-1-2-7-17-14/h1-3,7,9-11H,4-6,8H2,(H,18,21). The minimum Gasteiger partial charge on any atom is -0.356 e. The van der Waals surface area contributed by atoms with Crippen molar-refractivity contribution in [3.8, 4) is 10.7 Å². The number of pyridine rings is 1. The van der Waals surface area contributed by atoms with Crippen LogP contribution in [0.2, 0.25) is 0 Å². The molecular weight excluding hydrogens is 328 g/mol. The predicted molar refractivity (Wildman–Crippen MR) is 92.5 cm³/mol. The van der Waals surface area contributed by atoms with E-state index in [1.165, 1.54) is 0 Å². The summed E-state index contributed by atoms with van der Waals surface area (Å²) in [6.45, 7) is 0.624. The zero-order valence-corrected chi connectivity index (χ0v) is 14.1. The fraction of sp³-hybridized carbons (Fsp3) is 0.250. The smallest absolute Gasteiger partial charge is 0.220 e. The molecule has 3 aromatic rings. The number of carbonyl (C=O) groups excluding carboxylic acids is 1. The van der Waals surface area contributed by atoms with Crippen molar-refractivity contribution >= 4 is 28.6 Å². The summed E-state index contributed by atoms with van der Waals surface area (Å²) in [7, 11) is 0. The summed E-state index contributed by atoms with van der Waals surface area (Å²) in [4.78, 5) is 24.9. The second-order valence-corrected chi connectivity index (χ2v) is 6.52. The molecule has 5 nitrogen and oxygen atoms in total. The third kappa shape index (κ3) is 4.67. The maximum atomic E-state index is 11.9. The molecule has 7 heteroatoms. The SMILES string of the molecule is O=C(CCc1csc(-c2ccccn2)n1)NCCc1cscn1. The lowest BCUT2D eigenvalue weighted by atomic mass is 10.2. The molecule has 0 saturated carbocycles. The minimum absolute atomic E-state index is 0.0487. The lowest BCUT2D eigenvalue weighted by Crippen LogP contribution is -2.25. The van der Waals surface area contributed by atoms with Crippen LogP contribution in [-0.2, 0) is 17.6 Å². The van der Waals surface area contributed by atoms with Crippen molar-refractivity contribution in [1.82, 2.24) is 20.3 Å². The molecule has 1 N–H and O–H groups in total. The lowest BCUT2D eigenvalue weighted by molar-refractivity contribution is -0.121. The number of thiazole rings is 2. The first kappa shape index (κ1) is 15.8. The predicted octanol–water partition coefficient (Wildman–Crippen LogP) is 2.95. The topological polar surface area (TPSA) is 67.8 Å². The van der Waals surface area contributed by atoms with E-state index < -0.39 is 0 Å². The highest BCUT2D eigenvalue weighted by atomic mass is 32.1. The molecule has 0 fully saturated rings. The van der Waals surface area contributed by atoms with Crippen molar-refractivity contribution in [2.24, 2.45) is 0 Å². The third-order valence-corrected chi connectivity index (χ3v) is 4.78. The van der Waals surface area contributed by atoms with Gasteiger partial charge in [0.2, 0.25) is 5.91 Å². The van der Waals surface area contributed by atoms with E-state index in [4.69, 9.17) is 0 Å². The first-order chi connectivity index (χ1) is 11.3. The second-order valence-electron chi connectivity index (χ2n) is 4.94. The van der Waals surface area contributed by atoms with Gasteiger partial charge in [-0.2, -0.15) is 0 Å². The summed E-state index contributed by atoms with van der Waals surface area (Å²) in [6.07, 6.45) is 3.62. The highest BCUT2D eigenvalue weighted by Crippen LogP contribution is 2.21. The van der Waals surface area contributed by atoms with Crippen molar-refractivity contribution in [2.75, 3.05) is 6.54 Å². The van der Waals surface area contributed by atoms with E-state index in [-0.39, 0.29) is 5.91 Å². The Morgan fingerprint density at radius 1 is 1.13 bits per heavy atom. The Labute approximate surface area is 142 Å². The Hall–Kier alpha value is -2.12. The molecule has 0 aliphatic carbocycles. The normalized spacial score (nSPS) is 10.6. The number of rotatable bonds is 7. The molecule has 0 spiro atoms. The Morgan fingerprint density at radius 3 is 2.87 bits per heavy atom. The van der Waals surface area contributed by atoms with Crippen molar-refractivity contribution in [1.29, 1.82) is 0 Å². The van der Waals surface area contributed by atoms with Crippen molar-refractivity contribution in [2.45, 2.75) is 19.3 Å². The summed E-state index contributed by atoms with van der Waals surface area (Å²) in [5.41, 5.74) is 4.63. The van der Waals surface area contributed by atoms with Crippen LogP contribution in [0.5, 0.6) is 0 Å². The van der Waals surface area contributed by atoms with Crippen LogP contribution in [0.15, 0.2) is 40.7 Å². The molecule has 3 heterocycles. The molecule has 23 heavy (non-hydrogen) atoms. The molecular formula is C16H16N4OS2. The van der Waals surface area contributed by atoms with E-state index in [0.29, 0.717) is 19.4 Å². The van der Waals surface area contributed by atoms with Gasteiger partial charge in [-0.05, 0) is 18.6 Å². The van der Waals surface area contributed by atoms with E-state index in [2.05, 4.69) is 20.3 Å². The number of hydrogen-bond donors (Lipinski definition) is 1. The first-order valence-corrected chi connectivity index (χ1v) is 9.13. The molecule has 0 bridgehead atoms. The van der Waals surface area contributed by atoms with E-state index in [1.807, 2.05) is 29.0 Å². The molecule has 0 saturated heterocycles. The van der Waals surface area contributed by atoms with Gasteiger partial charge in [0, 0.05) is 36.3 Å². The Bertz CT molecular complexity index is 741. The number of carbonyl (C=O) groups is 1. The van der Waals surface area contributed by atoms with Crippen LogP contribution in [0, 0.1) is 0 Å². The highest BCUT2D eigenvalue weighted by Gasteiger charge is 2.08. The zero-order chi connectivity index (χ0) is 15.9. The second kappa shape index (κ2) is 7.94. The number of aryl methyl sites for hydroxylation is 1. The minimum atomic E-state index is 0.0487.